The molecule has 0 spiro atoms. The number of aromatic nitrogens is 4. The summed E-state index contributed by atoms with van der Waals surface area (Å²) in [4.78, 5) is 19.4. The summed E-state index contributed by atoms with van der Waals surface area (Å²) in [7, 11) is 0. The zero-order valence-electron chi connectivity index (χ0n) is 16.8. The molecule has 2 fully saturated rings. The number of imidazole rings is 1. The number of amides is 1. The molecule has 0 bridgehead atoms. The van der Waals surface area contributed by atoms with Crippen LogP contribution in [-0.2, 0) is 11.3 Å². The second-order valence-electron chi connectivity index (χ2n) is 8.65. The van der Waals surface area contributed by atoms with E-state index in [4.69, 9.17) is 0 Å². The third-order valence-corrected chi connectivity index (χ3v) is 6.54. The number of carbonyl (C=O) groups is 1. The lowest BCUT2D eigenvalue weighted by atomic mass is 9.88. The number of nitrogens with one attached hydrogen (secondary N) is 1. The van der Waals surface area contributed by atoms with Crippen molar-refractivity contribution in [1.82, 2.24) is 24.6 Å². The summed E-state index contributed by atoms with van der Waals surface area (Å²) in [5.74, 6) is 0.744. The van der Waals surface area contributed by atoms with Gasteiger partial charge in [-0.25, -0.2) is 4.98 Å². The van der Waals surface area contributed by atoms with Crippen molar-refractivity contribution >= 4 is 5.91 Å². The van der Waals surface area contributed by atoms with Crippen LogP contribution in [0.5, 0.6) is 0 Å². The van der Waals surface area contributed by atoms with Gasteiger partial charge in [0, 0.05) is 49.2 Å². The lowest BCUT2D eigenvalue weighted by Crippen LogP contribution is -2.43. The number of piperidine rings is 1. The van der Waals surface area contributed by atoms with Crippen LogP contribution in [0.15, 0.2) is 49.2 Å². The van der Waals surface area contributed by atoms with Gasteiger partial charge in [0.2, 0.25) is 5.91 Å². The monoisotopic (exact) mass is 389 g/mol. The topological polar surface area (TPSA) is 66.8 Å². The molecule has 5 rings (SSSR count). The number of likely N-dealkylation sites (tertiary alicyclic amines) is 1. The van der Waals surface area contributed by atoms with Crippen molar-refractivity contribution in [3.8, 4) is 11.1 Å². The highest BCUT2D eigenvalue weighted by Crippen LogP contribution is 2.49. The Hall–Kier alpha value is -2.89. The van der Waals surface area contributed by atoms with Crippen molar-refractivity contribution in [2.24, 2.45) is 5.41 Å². The molecule has 6 nitrogen and oxygen atoms in total. The fraction of sp³-hybridized carbons (Fsp3) is 0.435. The molecule has 2 aromatic heterocycles. The maximum absolute atomic E-state index is 13.2. The van der Waals surface area contributed by atoms with E-state index in [-0.39, 0.29) is 5.41 Å². The summed E-state index contributed by atoms with van der Waals surface area (Å²) in [6.07, 6.45) is 11.4. The van der Waals surface area contributed by atoms with Gasteiger partial charge >= 0.3 is 0 Å². The third kappa shape index (κ3) is 3.48. The fourth-order valence-electron chi connectivity index (χ4n) is 4.68. The number of aromatic amines is 1. The molecule has 2 aliphatic rings. The molecule has 1 amide bonds. The van der Waals surface area contributed by atoms with Gasteiger partial charge in [0.15, 0.2) is 0 Å². The molecule has 1 N–H and O–H groups in total. The van der Waals surface area contributed by atoms with E-state index >= 15 is 0 Å². The minimum atomic E-state index is -0.200. The van der Waals surface area contributed by atoms with Crippen LogP contribution in [0.25, 0.3) is 11.1 Å². The second kappa shape index (κ2) is 7.17. The molecule has 1 aliphatic heterocycles. The summed E-state index contributed by atoms with van der Waals surface area (Å²) < 4.78 is 2.04. The first kappa shape index (κ1) is 18.2. The minimum absolute atomic E-state index is 0.200. The van der Waals surface area contributed by atoms with E-state index in [1.807, 2.05) is 23.3 Å². The zero-order valence-corrected chi connectivity index (χ0v) is 16.8. The minimum Gasteiger partial charge on any atom is -0.342 e. The van der Waals surface area contributed by atoms with Gasteiger partial charge in [-0.15, -0.1) is 0 Å². The maximum atomic E-state index is 13.2. The van der Waals surface area contributed by atoms with Gasteiger partial charge < -0.3 is 9.47 Å². The highest BCUT2D eigenvalue weighted by Gasteiger charge is 2.52. The first-order chi connectivity index (χ1) is 14.1. The first-order valence-electron chi connectivity index (χ1n) is 10.5. The molecule has 0 atom stereocenters. The van der Waals surface area contributed by atoms with Crippen LogP contribution in [0.1, 0.15) is 42.9 Å². The number of aryl methyl sites for hydroxylation is 1. The Morgan fingerprint density at radius 3 is 2.79 bits per heavy atom. The highest BCUT2D eigenvalue weighted by molar-refractivity contribution is 5.85. The normalized spacial score (nSPS) is 18.7. The molecule has 150 valence electrons. The largest absolute Gasteiger partial charge is 0.342 e. The smallest absolute Gasteiger partial charge is 0.230 e. The number of nitrogens with zero attached hydrogens (tertiary/aromatic N) is 4. The van der Waals surface area contributed by atoms with E-state index in [1.54, 1.807) is 6.20 Å². The van der Waals surface area contributed by atoms with Crippen LogP contribution in [0.3, 0.4) is 0 Å². The summed E-state index contributed by atoms with van der Waals surface area (Å²) in [6.45, 7) is 4.51. The van der Waals surface area contributed by atoms with Crippen LogP contribution < -0.4 is 0 Å². The van der Waals surface area contributed by atoms with Gasteiger partial charge in [-0.05, 0) is 38.2 Å². The highest BCUT2D eigenvalue weighted by atomic mass is 16.2. The number of carbonyl (C=O) groups excluding carboxylic acids is 1. The summed E-state index contributed by atoms with van der Waals surface area (Å²) in [5.41, 5.74) is 4.67. The average molecular weight is 390 g/mol. The zero-order chi connectivity index (χ0) is 19.8. The Balaban J connectivity index is 1.26. The van der Waals surface area contributed by atoms with Gasteiger partial charge in [0.1, 0.15) is 0 Å². The van der Waals surface area contributed by atoms with E-state index in [0.29, 0.717) is 11.8 Å². The Bertz CT molecular complexity index is 994. The van der Waals surface area contributed by atoms with Crippen LogP contribution in [-0.4, -0.2) is 43.6 Å². The van der Waals surface area contributed by atoms with Gasteiger partial charge in [-0.3, -0.25) is 9.89 Å². The number of hydrogen-bond acceptors (Lipinski definition) is 3. The molecular weight excluding hydrogens is 362 g/mol. The molecule has 0 radical (unpaired) electrons. The molecule has 6 heteroatoms. The van der Waals surface area contributed by atoms with Crippen molar-refractivity contribution in [1.29, 1.82) is 0 Å². The van der Waals surface area contributed by atoms with Gasteiger partial charge in [-0.2, -0.15) is 5.10 Å². The Kier molecular flexibility index (Phi) is 4.49. The lowest BCUT2D eigenvalue weighted by molar-refractivity contribution is -0.138. The molecule has 1 aromatic carbocycles. The van der Waals surface area contributed by atoms with Gasteiger partial charge in [-0.1, -0.05) is 29.8 Å². The summed E-state index contributed by atoms with van der Waals surface area (Å²) in [6, 6.07) is 8.57. The van der Waals surface area contributed by atoms with Crippen LogP contribution in [0.4, 0.5) is 0 Å². The predicted molar refractivity (Wildman–Crippen MR) is 111 cm³/mol. The fourth-order valence-corrected chi connectivity index (χ4v) is 4.68. The van der Waals surface area contributed by atoms with Crippen LogP contribution >= 0.6 is 0 Å². The van der Waals surface area contributed by atoms with Crippen molar-refractivity contribution in [2.45, 2.75) is 45.1 Å². The van der Waals surface area contributed by atoms with Crippen molar-refractivity contribution in [2.75, 3.05) is 13.1 Å². The van der Waals surface area contributed by atoms with Gasteiger partial charge in [0.25, 0.3) is 0 Å². The Morgan fingerprint density at radius 2 is 2.10 bits per heavy atom. The Labute approximate surface area is 171 Å². The van der Waals surface area contributed by atoms with E-state index in [1.165, 1.54) is 22.4 Å². The molecule has 1 aliphatic carbocycles. The summed E-state index contributed by atoms with van der Waals surface area (Å²) in [5, 5.41) is 7.58. The third-order valence-electron chi connectivity index (χ3n) is 6.54. The molecule has 1 saturated carbocycles. The number of hydrogen-bond donors (Lipinski definition) is 1. The molecule has 0 unspecified atom stereocenters. The Morgan fingerprint density at radius 1 is 1.28 bits per heavy atom. The first-order valence-corrected chi connectivity index (χ1v) is 10.5. The molecule has 29 heavy (non-hydrogen) atoms. The van der Waals surface area contributed by atoms with Crippen molar-refractivity contribution in [3.05, 3.63) is 60.4 Å². The number of benzene rings is 1. The van der Waals surface area contributed by atoms with Crippen molar-refractivity contribution < 1.29 is 4.79 Å². The predicted octanol–water partition coefficient (Wildman–Crippen LogP) is 3.77. The van der Waals surface area contributed by atoms with E-state index in [2.05, 4.69) is 51.3 Å². The van der Waals surface area contributed by atoms with Crippen LogP contribution in [0, 0.1) is 12.3 Å². The van der Waals surface area contributed by atoms with E-state index in [0.717, 1.165) is 45.3 Å². The van der Waals surface area contributed by atoms with E-state index in [9.17, 15) is 4.79 Å². The average Bonchev–Trinajstić information content (AvgIpc) is 3.13. The molecule has 1 saturated heterocycles. The second-order valence-corrected chi connectivity index (χ2v) is 8.65. The molecule has 3 aromatic rings. The van der Waals surface area contributed by atoms with Crippen molar-refractivity contribution in [3.63, 3.8) is 0 Å². The van der Waals surface area contributed by atoms with Gasteiger partial charge in [0.05, 0.1) is 17.9 Å². The van der Waals surface area contributed by atoms with E-state index < -0.39 is 0 Å². The van der Waals surface area contributed by atoms with Crippen LogP contribution in [0.2, 0.25) is 0 Å². The summed E-state index contributed by atoms with van der Waals surface area (Å²) >= 11 is 0. The quantitative estimate of drug-likeness (QED) is 0.722. The maximum Gasteiger partial charge on any atom is 0.230 e. The number of rotatable bonds is 5. The number of H-pyrrole nitrogens is 1. The standard InChI is InChI=1S/C23H27N5O/c1-17-3-2-4-19(13-17)20-14-25-26-21(20)18-5-10-28(11-6-18)22(29)23(7-8-23)15-27-12-9-24-16-27/h2-4,9,12-14,16,18H,5-8,10-11,15H2,1H3,(H,25,26). The lowest BCUT2D eigenvalue weighted by Gasteiger charge is -2.34. The SMILES string of the molecule is Cc1cccc(-c2cn[nH]c2C2CCN(C(=O)C3(Cn4ccnc4)CC3)CC2)c1. The molecule has 3 heterocycles. The molecular formula is C23H27N5O.